The fraction of sp³-hybridized carbons (Fsp3) is 0.364. The van der Waals surface area contributed by atoms with Gasteiger partial charge in [0.1, 0.15) is 10.9 Å². The molecule has 2 amide bonds. The molecular weight excluding hydrogens is 372 g/mol. The Bertz CT molecular complexity index is 501. The zero-order chi connectivity index (χ0) is 15.1. The number of carbonyl (C=O) groups excluding carboxylic acids is 3. The number of nitrogens with one attached hydrogen (secondary N) is 2. The van der Waals surface area contributed by atoms with Crippen molar-refractivity contribution in [2.24, 2.45) is 0 Å². The number of thiophene rings is 1. The third-order valence-electron chi connectivity index (χ3n) is 2.01. The second kappa shape index (κ2) is 8.23. The van der Waals surface area contributed by atoms with Crippen molar-refractivity contribution in [1.82, 2.24) is 10.6 Å². The van der Waals surface area contributed by atoms with Gasteiger partial charge in [0.25, 0.3) is 5.91 Å². The van der Waals surface area contributed by atoms with Crippen LogP contribution < -0.4 is 10.6 Å². The maximum Gasteiger partial charge on any atom is 0.325 e. The minimum atomic E-state index is -0.527. The minimum absolute atomic E-state index is 0.223. The SMILES string of the molecule is CCOC(=O)CNC(=O)CNC(=O)c1cc(Br)c(Cl)s1. The molecule has 110 valence electrons. The Morgan fingerprint density at radius 3 is 2.60 bits per heavy atom. The van der Waals surface area contributed by atoms with E-state index in [4.69, 9.17) is 11.6 Å². The van der Waals surface area contributed by atoms with E-state index in [0.717, 1.165) is 11.3 Å². The van der Waals surface area contributed by atoms with Crippen LogP contribution in [0.4, 0.5) is 0 Å². The number of hydrogen-bond acceptors (Lipinski definition) is 5. The van der Waals surface area contributed by atoms with Crippen LogP contribution in [-0.2, 0) is 14.3 Å². The molecule has 0 aliphatic rings. The Hall–Kier alpha value is -1.12. The van der Waals surface area contributed by atoms with Crippen LogP contribution in [0.2, 0.25) is 4.34 Å². The molecule has 0 bridgehead atoms. The number of amides is 2. The molecule has 1 heterocycles. The van der Waals surface area contributed by atoms with E-state index in [0.29, 0.717) is 13.7 Å². The van der Waals surface area contributed by atoms with Gasteiger partial charge >= 0.3 is 5.97 Å². The molecule has 0 saturated heterocycles. The summed E-state index contributed by atoms with van der Waals surface area (Å²) in [5.41, 5.74) is 0. The number of esters is 1. The summed E-state index contributed by atoms with van der Waals surface area (Å²) in [5.74, 6) is -1.41. The second-order valence-electron chi connectivity index (χ2n) is 3.50. The number of rotatable bonds is 6. The van der Waals surface area contributed by atoms with E-state index in [2.05, 4.69) is 31.3 Å². The highest BCUT2D eigenvalue weighted by atomic mass is 79.9. The molecule has 1 rings (SSSR count). The molecule has 9 heteroatoms. The summed E-state index contributed by atoms with van der Waals surface area (Å²) in [6, 6.07) is 1.57. The van der Waals surface area contributed by atoms with Gasteiger partial charge in [0.2, 0.25) is 5.91 Å². The van der Waals surface area contributed by atoms with Gasteiger partial charge in [-0.25, -0.2) is 0 Å². The first-order valence-corrected chi connectivity index (χ1v) is 7.58. The van der Waals surface area contributed by atoms with Crippen molar-refractivity contribution in [3.05, 3.63) is 19.8 Å². The monoisotopic (exact) mass is 382 g/mol. The zero-order valence-electron chi connectivity index (χ0n) is 10.5. The van der Waals surface area contributed by atoms with E-state index in [9.17, 15) is 14.4 Å². The van der Waals surface area contributed by atoms with Gasteiger partial charge in [-0.3, -0.25) is 14.4 Å². The van der Waals surface area contributed by atoms with Gasteiger partial charge in [0.15, 0.2) is 0 Å². The lowest BCUT2D eigenvalue weighted by atomic mass is 10.4. The predicted molar refractivity (Wildman–Crippen MR) is 79.0 cm³/mol. The van der Waals surface area contributed by atoms with E-state index < -0.39 is 17.8 Å². The highest BCUT2D eigenvalue weighted by molar-refractivity contribution is 9.10. The molecule has 0 aliphatic heterocycles. The van der Waals surface area contributed by atoms with Crippen LogP contribution in [-0.4, -0.2) is 37.5 Å². The molecule has 0 fully saturated rings. The molecule has 0 atom stereocenters. The van der Waals surface area contributed by atoms with E-state index in [1.54, 1.807) is 13.0 Å². The van der Waals surface area contributed by atoms with Crippen molar-refractivity contribution < 1.29 is 19.1 Å². The molecule has 1 aromatic rings. The Labute approximate surface area is 132 Å². The predicted octanol–water partition coefficient (Wildman–Crippen LogP) is 1.57. The Kier molecular flexibility index (Phi) is 6.97. The van der Waals surface area contributed by atoms with Crippen molar-refractivity contribution in [1.29, 1.82) is 0 Å². The van der Waals surface area contributed by atoms with Gasteiger partial charge in [-0.15, -0.1) is 11.3 Å². The second-order valence-corrected chi connectivity index (χ2v) is 6.01. The third-order valence-corrected chi connectivity index (χ3v) is 4.49. The van der Waals surface area contributed by atoms with Gasteiger partial charge in [0, 0.05) is 4.47 Å². The van der Waals surface area contributed by atoms with E-state index >= 15 is 0 Å². The summed E-state index contributed by atoms with van der Waals surface area (Å²) in [7, 11) is 0. The largest absolute Gasteiger partial charge is 0.465 e. The normalized spacial score (nSPS) is 9.95. The number of ether oxygens (including phenoxy) is 1. The van der Waals surface area contributed by atoms with E-state index in [1.165, 1.54) is 0 Å². The molecule has 0 aliphatic carbocycles. The first-order valence-electron chi connectivity index (χ1n) is 5.59. The summed E-state index contributed by atoms with van der Waals surface area (Å²) in [4.78, 5) is 34.5. The lowest BCUT2D eigenvalue weighted by molar-refractivity contribution is -0.143. The molecular formula is C11H12BrClN2O4S. The van der Waals surface area contributed by atoms with Crippen LogP contribution in [0.15, 0.2) is 10.5 Å². The minimum Gasteiger partial charge on any atom is -0.465 e. The smallest absolute Gasteiger partial charge is 0.325 e. The summed E-state index contributed by atoms with van der Waals surface area (Å²) < 4.78 is 5.73. The van der Waals surface area contributed by atoms with Gasteiger partial charge in [-0.1, -0.05) is 11.6 Å². The van der Waals surface area contributed by atoms with Crippen molar-refractivity contribution in [2.45, 2.75) is 6.92 Å². The van der Waals surface area contributed by atoms with Crippen molar-refractivity contribution in [3.8, 4) is 0 Å². The van der Waals surface area contributed by atoms with E-state index in [-0.39, 0.29) is 19.7 Å². The first-order chi connectivity index (χ1) is 9.43. The summed E-state index contributed by atoms with van der Waals surface area (Å²) >= 11 is 10.1. The third kappa shape index (κ3) is 5.48. The van der Waals surface area contributed by atoms with Gasteiger partial charge < -0.3 is 15.4 Å². The highest BCUT2D eigenvalue weighted by Gasteiger charge is 2.13. The van der Waals surface area contributed by atoms with Crippen LogP contribution in [0.1, 0.15) is 16.6 Å². The molecule has 0 aromatic carbocycles. The Morgan fingerprint density at radius 2 is 2.05 bits per heavy atom. The fourth-order valence-corrected chi connectivity index (χ4v) is 2.77. The molecule has 0 spiro atoms. The average Bonchev–Trinajstić information content (AvgIpc) is 2.74. The summed E-state index contributed by atoms with van der Waals surface area (Å²) in [6.07, 6.45) is 0. The molecule has 20 heavy (non-hydrogen) atoms. The van der Waals surface area contributed by atoms with Crippen LogP contribution in [0, 0.1) is 0 Å². The lowest BCUT2D eigenvalue weighted by Crippen LogP contribution is -2.39. The molecule has 0 unspecified atom stereocenters. The molecule has 0 saturated carbocycles. The Balaban J connectivity index is 2.34. The van der Waals surface area contributed by atoms with Crippen molar-refractivity contribution in [2.75, 3.05) is 19.7 Å². The van der Waals surface area contributed by atoms with Crippen LogP contribution in [0.25, 0.3) is 0 Å². The zero-order valence-corrected chi connectivity index (χ0v) is 13.7. The number of halogens is 2. The Morgan fingerprint density at radius 1 is 1.35 bits per heavy atom. The average molecular weight is 384 g/mol. The molecule has 6 nitrogen and oxygen atoms in total. The highest BCUT2D eigenvalue weighted by Crippen LogP contribution is 2.31. The van der Waals surface area contributed by atoms with Crippen molar-refractivity contribution >= 4 is 56.7 Å². The number of hydrogen-bond donors (Lipinski definition) is 2. The topological polar surface area (TPSA) is 84.5 Å². The van der Waals surface area contributed by atoms with Gasteiger partial charge in [-0.05, 0) is 28.9 Å². The maximum atomic E-state index is 11.7. The van der Waals surface area contributed by atoms with Gasteiger partial charge in [0.05, 0.1) is 18.0 Å². The molecule has 0 radical (unpaired) electrons. The standard InChI is InChI=1S/C11H12BrClN2O4S/c1-2-19-9(17)5-14-8(16)4-15-11(18)7-3-6(12)10(13)20-7/h3H,2,4-5H2,1H3,(H,14,16)(H,15,18). The van der Waals surface area contributed by atoms with Crippen molar-refractivity contribution in [3.63, 3.8) is 0 Å². The van der Waals surface area contributed by atoms with E-state index in [1.807, 2.05) is 0 Å². The quantitative estimate of drug-likeness (QED) is 0.730. The fourth-order valence-electron chi connectivity index (χ4n) is 1.15. The first kappa shape index (κ1) is 16.9. The lowest BCUT2D eigenvalue weighted by Gasteiger charge is -2.05. The summed E-state index contributed by atoms with van der Waals surface area (Å²) in [5, 5.41) is 4.75. The molecule has 2 N–H and O–H groups in total. The maximum absolute atomic E-state index is 11.7. The van der Waals surface area contributed by atoms with Crippen LogP contribution in [0.5, 0.6) is 0 Å². The summed E-state index contributed by atoms with van der Waals surface area (Å²) in [6.45, 7) is 1.47. The molecule has 1 aromatic heterocycles. The van der Waals surface area contributed by atoms with Crippen LogP contribution in [0.3, 0.4) is 0 Å². The van der Waals surface area contributed by atoms with Gasteiger partial charge in [-0.2, -0.15) is 0 Å². The number of carbonyl (C=O) groups is 3. The van der Waals surface area contributed by atoms with Crippen LogP contribution >= 0.6 is 38.9 Å².